The van der Waals surface area contributed by atoms with Crippen LogP contribution in [0.4, 0.5) is 0 Å². The molecule has 0 aromatic carbocycles. The summed E-state index contributed by atoms with van der Waals surface area (Å²) < 4.78 is 0. The molecule has 0 saturated heterocycles. The lowest BCUT2D eigenvalue weighted by atomic mass is 9.44. The molecular formula is C29H50O. The summed E-state index contributed by atoms with van der Waals surface area (Å²) in [5, 5.41) is 10.3. The second-order valence-electron chi connectivity index (χ2n) is 12.8. The molecule has 30 heavy (non-hydrogen) atoms. The predicted molar refractivity (Wildman–Crippen MR) is 128 cm³/mol. The van der Waals surface area contributed by atoms with Crippen molar-refractivity contribution in [2.45, 2.75) is 118 Å². The number of allylic oxidation sites excluding steroid dienone is 2. The topological polar surface area (TPSA) is 20.2 Å². The molecule has 4 saturated carbocycles. The van der Waals surface area contributed by atoms with Crippen LogP contribution in [0.2, 0.25) is 0 Å². The summed E-state index contributed by atoms with van der Waals surface area (Å²) in [5.41, 5.74) is 2.77. The van der Waals surface area contributed by atoms with Gasteiger partial charge in [0.05, 0.1) is 6.10 Å². The molecular weight excluding hydrogens is 364 g/mol. The van der Waals surface area contributed by atoms with Gasteiger partial charge in [0.15, 0.2) is 0 Å². The Morgan fingerprint density at radius 1 is 0.933 bits per heavy atom. The first kappa shape index (κ1) is 22.9. The maximum absolute atomic E-state index is 10.3. The smallest absolute Gasteiger partial charge is 0.0543 e. The second kappa shape index (κ2) is 8.57. The number of aliphatic hydroxyl groups is 1. The number of rotatable bonds is 5. The highest BCUT2D eigenvalue weighted by Gasteiger charge is 2.60. The van der Waals surface area contributed by atoms with Crippen LogP contribution >= 0.6 is 0 Å². The quantitative estimate of drug-likeness (QED) is 0.451. The molecule has 4 aliphatic rings. The summed E-state index contributed by atoms with van der Waals surface area (Å²) in [7, 11) is 0. The molecule has 0 unspecified atom stereocenters. The molecule has 4 rings (SSSR count). The van der Waals surface area contributed by atoms with E-state index < -0.39 is 0 Å². The summed E-state index contributed by atoms with van der Waals surface area (Å²) in [6.45, 7) is 14.9. The molecule has 172 valence electrons. The van der Waals surface area contributed by atoms with Crippen LogP contribution in [0.25, 0.3) is 0 Å². The van der Waals surface area contributed by atoms with E-state index in [1.54, 1.807) is 5.57 Å². The van der Waals surface area contributed by atoms with Crippen molar-refractivity contribution in [3.63, 3.8) is 0 Å². The van der Waals surface area contributed by atoms with E-state index in [0.717, 1.165) is 48.3 Å². The van der Waals surface area contributed by atoms with Crippen molar-refractivity contribution in [3.8, 4) is 0 Å². The van der Waals surface area contributed by atoms with Crippen LogP contribution < -0.4 is 0 Å². The lowest BCUT2D eigenvalue weighted by Gasteiger charge is -2.61. The van der Waals surface area contributed by atoms with E-state index in [4.69, 9.17) is 0 Å². The zero-order valence-corrected chi connectivity index (χ0v) is 20.9. The zero-order valence-electron chi connectivity index (χ0n) is 20.9. The first-order chi connectivity index (χ1) is 14.2. The largest absolute Gasteiger partial charge is 0.393 e. The third-order valence-electron chi connectivity index (χ3n) is 11.4. The van der Waals surface area contributed by atoms with Crippen molar-refractivity contribution >= 4 is 0 Å². The van der Waals surface area contributed by atoms with E-state index in [0.29, 0.717) is 16.7 Å². The second-order valence-corrected chi connectivity index (χ2v) is 12.8. The summed E-state index contributed by atoms with van der Waals surface area (Å²) in [4.78, 5) is 0. The first-order valence-electron chi connectivity index (χ1n) is 13.5. The standard InChI is InChI=1S/C29H50O/c1-7-21(19(2)3)9-8-20(4)25-12-13-26-24-11-10-22-18-23(30)14-16-28(22,5)27(24)15-17-29(25,26)6/h7,19-20,22-27,30H,8-18H2,1-6H3/b21-7-/t20-,22+,23-,24+,25-,26+,27+,28+,29-/m1/s1. The number of fused-ring (bicyclic) bond motifs is 5. The Bertz CT molecular complexity index is 634. The van der Waals surface area contributed by atoms with E-state index in [1.807, 2.05) is 0 Å². The molecule has 0 aromatic heterocycles. The van der Waals surface area contributed by atoms with Crippen LogP contribution in [-0.2, 0) is 0 Å². The van der Waals surface area contributed by atoms with E-state index in [-0.39, 0.29) is 6.10 Å². The van der Waals surface area contributed by atoms with Gasteiger partial charge < -0.3 is 5.11 Å². The molecule has 0 aliphatic heterocycles. The predicted octanol–water partition coefficient (Wildman–Crippen LogP) is 8.02. The lowest BCUT2D eigenvalue weighted by Crippen LogP contribution is -2.54. The van der Waals surface area contributed by atoms with E-state index >= 15 is 0 Å². The molecule has 0 spiro atoms. The normalized spacial score (nSPS) is 47.5. The molecule has 0 heterocycles. The highest BCUT2D eigenvalue weighted by Crippen LogP contribution is 2.68. The Labute approximate surface area is 187 Å². The van der Waals surface area contributed by atoms with Crippen LogP contribution in [0, 0.1) is 52.3 Å². The molecule has 1 nitrogen and oxygen atoms in total. The summed E-state index contributed by atoms with van der Waals surface area (Å²) in [6, 6.07) is 0. The minimum Gasteiger partial charge on any atom is -0.393 e. The fourth-order valence-corrected chi connectivity index (χ4v) is 9.57. The van der Waals surface area contributed by atoms with Crippen molar-refractivity contribution in [2.75, 3.05) is 0 Å². The van der Waals surface area contributed by atoms with Gasteiger partial charge in [-0.25, -0.2) is 0 Å². The van der Waals surface area contributed by atoms with Crippen LogP contribution in [0.15, 0.2) is 11.6 Å². The van der Waals surface area contributed by atoms with Crippen LogP contribution in [-0.4, -0.2) is 11.2 Å². The summed E-state index contributed by atoms with van der Waals surface area (Å²) in [6.07, 6.45) is 17.2. The van der Waals surface area contributed by atoms with Crippen LogP contribution in [0.1, 0.15) is 112 Å². The van der Waals surface area contributed by atoms with E-state index in [9.17, 15) is 5.11 Å². The maximum atomic E-state index is 10.3. The minimum atomic E-state index is -0.0157. The van der Waals surface area contributed by atoms with Gasteiger partial charge in [0.25, 0.3) is 0 Å². The molecule has 1 N–H and O–H groups in total. The number of hydrogen-bond acceptors (Lipinski definition) is 1. The third kappa shape index (κ3) is 3.74. The van der Waals surface area contributed by atoms with Gasteiger partial charge in [-0.05, 0) is 130 Å². The molecule has 0 radical (unpaired) electrons. The fraction of sp³-hybridized carbons (Fsp3) is 0.931. The van der Waals surface area contributed by atoms with Gasteiger partial charge >= 0.3 is 0 Å². The Kier molecular flexibility index (Phi) is 6.53. The maximum Gasteiger partial charge on any atom is 0.0543 e. The third-order valence-corrected chi connectivity index (χ3v) is 11.4. The molecule has 9 atom stereocenters. The van der Waals surface area contributed by atoms with Gasteiger partial charge in [-0.3, -0.25) is 0 Å². The fourth-order valence-electron chi connectivity index (χ4n) is 9.57. The molecule has 0 amide bonds. The van der Waals surface area contributed by atoms with E-state index in [2.05, 4.69) is 47.6 Å². The van der Waals surface area contributed by atoms with Crippen molar-refractivity contribution in [1.29, 1.82) is 0 Å². The SMILES string of the molecule is C/C=C(/CC[C@@H](C)[C@H]1CC[C@H]2[C@@H]3CC[C@H]4C[C@H](O)CC[C@]4(C)[C@H]3CC[C@]12C)C(C)C. The van der Waals surface area contributed by atoms with Crippen LogP contribution in [0.3, 0.4) is 0 Å². The van der Waals surface area contributed by atoms with Gasteiger partial charge in [-0.1, -0.05) is 46.3 Å². The Morgan fingerprint density at radius 2 is 1.63 bits per heavy atom. The number of hydrogen-bond donors (Lipinski definition) is 1. The Hall–Kier alpha value is -0.300. The highest BCUT2D eigenvalue weighted by atomic mass is 16.3. The first-order valence-corrected chi connectivity index (χ1v) is 13.5. The van der Waals surface area contributed by atoms with E-state index in [1.165, 1.54) is 57.8 Å². The average molecular weight is 415 g/mol. The minimum absolute atomic E-state index is 0.0157. The van der Waals surface area contributed by atoms with Crippen molar-refractivity contribution in [2.24, 2.45) is 52.3 Å². The van der Waals surface area contributed by atoms with Gasteiger partial charge in [-0.15, -0.1) is 0 Å². The molecule has 0 bridgehead atoms. The van der Waals surface area contributed by atoms with Crippen molar-refractivity contribution in [1.82, 2.24) is 0 Å². The van der Waals surface area contributed by atoms with Gasteiger partial charge in [-0.2, -0.15) is 0 Å². The Balaban J connectivity index is 1.46. The van der Waals surface area contributed by atoms with Crippen LogP contribution in [0.5, 0.6) is 0 Å². The molecule has 4 fully saturated rings. The molecule has 4 aliphatic carbocycles. The molecule has 0 aromatic rings. The van der Waals surface area contributed by atoms with Crippen molar-refractivity contribution in [3.05, 3.63) is 11.6 Å². The average Bonchev–Trinajstić information content (AvgIpc) is 3.06. The lowest BCUT2D eigenvalue weighted by molar-refractivity contribution is -0.129. The van der Waals surface area contributed by atoms with Gasteiger partial charge in [0.2, 0.25) is 0 Å². The monoisotopic (exact) mass is 414 g/mol. The number of aliphatic hydroxyl groups excluding tert-OH is 1. The summed E-state index contributed by atoms with van der Waals surface area (Å²) >= 11 is 0. The van der Waals surface area contributed by atoms with Crippen molar-refractivity contribution < 1.29 is 5.11 Å². The highest BCUT2D eigenvalue weighted by molar-refractivity contribution is 5.10. The Morgan fingerprint density at radius 3 is 2.33 bits per heavy atom. The van der Waals surface area contributed by atoms with Gasteiger partial charge in [0.1, 0.15) is 0 Å². The molecule has 1 heteroatoms. The zero-order chi connectivity index (χ0) is 21.7. The van der Waals surface area contributed by atoms with Gasteiger partial charge in [0, 0.05) is 0 Å². The summed E-state index contributed by atoms with van der Waals surface area (Å²) in [5.74, 6) is 6.17.